The van der Waals surface area contributed by atoms with Crippen LogP contribution in [-0.4, -0.2) is 52.1 Å². The molecular formula is C19H29IN6O. The van der Waals surface area contributed by atoms with E-state index in [0.29, 0.717) is 24.4 Å². The summed E-state index contributed by atoms with van der Waals surface area (Å²) in [5.41, 5.74) is 1.07. The number of piperidine rings is 1. The molecular weight excluding hydrogens is 455 g/mol. The highest BCUT2D eigenvalue weighted by Gasteiger charge is 2.28. The van der Waals surface area contributed by atoms with Crippen LogP contribution in [0.5, 0.6) is 5.88 Å². The first kappa shape index (κ1) is 21.5. The molecule has 1 aliphatic rings. The van der Waals surface area contributed by atoms with E-state index in [2.05, 4.69) is 44.8 Å². The predicted molar refractivity (Wildman–Crippen MR) is 118 cm³/mol. The van der Waals surface area contributed by atoms with Crippen LogP contribution in [0.15, 0.2) is 42.0 Å². The number of aliphatic imine (C=N–C) groups is 1. The van der Waals surface area contributed by atoms with Crippen molar-refractivity contribution in [3.8, 4) is 5.88 Å². The Labute approximate surface area is 178 Å². The molecule has 0 aromatic carbocycles. The molecule has 3 heterocycles. The maximum atomic E-state index is 5.11. The normalized spacial score (nSPS) is 20.1. The Hall–Kier alpha value is -1.84. The van der Waals surface area contributed by atoms with Gasteiger partial charge in [-0.2, -0.15) is 0 Å². The van der Waals surface area contributed by atoms with E-state index in [0.717, 1.165) is 37.6 Å². The largest absolute Gasteiger partial charge is 0.481 e. The zero-order valence-corrected chi connectivity index (χ0v) is 18.5. The summed E-state index contributed by atoms with van der Waals surface area (Å²) in [7, 11) is 1.62. The number of likely N-dealkylation sites (tertiary alicyclic amines) is 1. The van der Waals surface area contributed by atoms with E-state index in [9.17, 15) is 0 Å². The fourth-order valence-electron chi connectivity index (χ4n) is 3.31. The maximum absolute atomic E-state index is 5.11. The molecule has 8 heteroatoms. The average molecular weight is 484 g/mol. The van der Waals surface area contributed by atoms with E-state index < -0.39 is 0 Å². The van der Waals surface area contributed by atoms with Crippen molar-refractivity contribution in [1.82, 2.24) is 24.8 Å². The van der Waals surface area contributed by atoms with Gasteiger partial charge in [-0.15, -0.1) is 24.0 Å². The molecule has 0 amide bonds. The molecule has 3 rings (SSSR count). The number of methoxy groups -OCH3 is 1. The van der Waals surface area contributed by atoms with Gasteiger partial charge in [0, 0.05) is 44.3 Å². The van der Waals surface area contributed by atoms with Crippen LogP contribution in [-0.2, 0) is 6.54 Å². The molecule has 2 unspecified atom stereocenters. The molecule has 2 atom stereocenters. The Morgan fingerprint density at radius 1 is 1.41 bits per heavy atom. The van der Waals surface area contributed by atoms with Crippen LogP contribution in [0.25, 0.3) is 0 Å². The number of nitrogens with zero attached hydrogens (tertiary/aromatic N) is 5. The Balaban J connectivity index is 0.00000261. The smallest absolute Gasteiger partial charge is 0.212 e. The van der Waals surface area contributed by atoms with Crippen LogP contribution >= 0.6 is 24.0 Å². The molecule has 0 spiro atoms. The second-order valence-electron chi connectivity index (χ2n) is 6.67. The van der Waals surface area contributed by atoms with Crippen molar-refractivity contribution in [2.24, 2.45) is 10.9 Å². The van der Waals surface area contributed by atoms with Crippen molar-refractivity contribution < 1.29 is 4.74 Å². The third-order valence-corrected chi connectivity index (χ3v) is 4.88. The van der Waals surface area contributed by atoms with E-state index >= 15 is 0 Å². The number of guanidine groups is 1. The second-order valence-corrected chi connectivity index (χ2v) is 6.67. The number of pyridine rings is 1. The summed E-state index contributed by atoms with van der Waals surface area (Å²) in [6.45, 7) is 7.81. The third kappa shape index (κ3) is 5.57. The highest BCUT2D eigenvalue weighted by atomic mass is 127. The molecule has 27 heavy (non-hydrogen) atoms. The molecule has 2 aromatic heterocycles. The summed E-state index contributed by atoms with van der Waals surface area (Å²) in [5, 5.41) is 3.43. The van der Waals surface area contributed by atoms with Gasteiger partial charge in [0.1, 0.15) is 0 Å². The van der Waals surface area contributed by atoms with E-state index in [4.69, 9.17) is 9.73 Å². The lowest BCUT2D eigenvalue weighted by Crippen LogP contribution is -2.49. The zero-order valence-electron chi connectivity index (χ0n) is 16.2. The van der Waals surface area contributed by atoms with E-state index in [1.165, 1.54) is 0 Å². The first-order valence-electron chi connectivity index (χ1n) is 9.21. The van der Waals surface area contributed by atoms with Crippen molar-refractivity contribution in [1.29, 1.82) is 0 Å². The van der Waals surface area contributed by atoms with Gasteiger partial charge in [-0.25, -0.2) is 15.0 Å². The Kier molecular flexibility index (Phi) is 8.33. The molecule has 0 bridgehead atoms. The van der Waals surface area contributed by atoms with Crippen molar-refractivity contribution in [3.05, 3.63) is 42.6 Å². The molecule has 7 nitrogen and oxygen atoms in total. The number of imidazole rings is 1. The molecule has 1 aliphatic heterocycles. The lowest BCUT2D eigenvalue weighted by Gasteiger charge is -2.39. The van der Waals surface area contributed by atoms with Gasteiger partial charge in [0.2, 0.25) is 5.88 Å². The third-order valence-electron chi connectivity index (χ3n) is 4.88. The lowest BCUT2D eigenvalue weighted by molar-refractivity contribution is 0.189. The number of hydrogen-bond donors (Lipinski definition) is 1. The van der Waals surface area contributed by atoms with Gasteiger partial charge >= 0.3 is 0 Å². The van der Waals surface area contributed by atoms with Gasteiger partial charge in [0.05, 0.1) is 26.0 Å². The highest BCUT2D eigenvalue weighted by molar-refractivity contribution is 14.0. The molecule has 1 fully saturated rings. The average Bonchev–Trinajstić information content (AvgIpc) is 3.20. The Bertz CT molecular complexity index is 703. The molecule has 1 N–H and O–H groups in total. The van der Waals surface area contributed by atoms with Gasteiger partial charge < -0.3 is 19.5 Å². The van der Waals surface area contributed by atoms with Gasteiger partial charge in [-0.05, 0) is 24.8 Å². The number of nitrogens with one attached hydrogen (secondary N) is 1. The molecule has 1 saturated heterocycles. The quantitative estimate of drug-likeness (QED) is 0.402. The first-order chi connectivity index (χ1) is 12.7. The van der Waals surface area contributed by atoms with Crippen LogP contribution in [0.2, 0.25) is 0 Å². The zero-order chi connectivity index (χ0) is 18.4. The SMILES string of the molecule is CCNC(=NCc1ccc(OC)nc1)N1CCC(C)C(n2ccnc2)C1.I. The maximum Gasteiger partial charge on any atom is 0.212 e. The second kappa shape index (κ2) is 10.5. The van der Waals surface area contributed by atoms with E-state index in [-0.39, 0.29) is 24.0 Å². The molecule has 148 valence electrons. The van der Waals surface area contributed by atoms with Crippen molar-refractivity contribution >= 4 is 29.9 Å². The topological polar surface area (TPSA) is 67.6 Å². The number of hydrogen-bond acceptors (Lipinski definition) is 4. The molecule has 0 saturated carbocycles. The summed E-state index contributed by atoms with van der Waals surface area (Å²) in [6, 6.07) is 4.29. The van der Waals surface area contributed by atoms with Gasteiger partial charge in [-0.3, -0.25) is 0 Å². The number of halogens is 1. The number of ether oxygens (including phenoxy) is 1. The minimum Gasteiger partial charge on any atom is -0.481 e. The first-order valence-corrected chi connectivity index (χ1v) is 9.21. The summed E-state index contributed by atoms with van der Waals surface area (Å²) < 4.78 is 7.33. The van der Waals surface area contributed by atoms with Gasteiger partial charge in [0.25, 0.3) is 0 Å². The summed E-state index contributed by atoms with van der Waals surface area (Å²) in [5.74, 6) is 2.20. The van der Waals surface area contributed by atoms with Crippen molar-refractivity contribution in [2.75, 3.05) is 26.7 Å². The van der Waals surface area contributed by atoms with Crippen LogP contribution in [0.3, 0.4) is 0 Å². The fourth-order valence-corrected chi connectivity index (χ4v) is 3.31. The lowest BCUT2D eigenvalue weighted by atomic mass is 9.93. The summed E-state index contributed by atoms with van der Waals surface area (Å²) in [6.07, 6.45) is 8.77. The molecule has 2 aromatic rings. The minimum absolute atomic E-state index is 0. The molecule has 0 aliphatic carbocycles. The predicted octanol–water partition coefficient (Wildman–Crippen LogP) is 2.95. The van der Waals surface area contributed by atoms with Crippen LogP contribution in [0.1, 0.15) is 31.9 Å². The van der Waals surface area contributed by atoms with Crippen molar-refractivity contribution in [3.63, 3.8) is 0 Å². The monoisotopic (exact) mass is 484 g/mol. The highest BCUT2D eigenvalue weighted by Crippen LogP contribution is 2.27. The van der Waals surface area contributed by atoms with Crippen LogP contribution in [0.4, 0.5) is 0 Å². The van der Waals surface area contributed by atoms with Crippen LogP contribution in [0, 0.1) is 5.92 Å². The Morgan fingerprint density at radius 2 is 2.26 bits per heavy atom. The fraction of sp³-hybridized carbons (Fsp3) is 0.526. The number of rotatable bonds is 5. The summed E-state index contributed by atoms with van der Waals surface area (Å²) in [4.78, 5) is 15.6. The van der Waals surface area contributed by atoms with Gasteiger partial charge in [0.15, 0.2) is 5.96 Å². The van der Waals surface area contributed by atoms with Crippen LogP contribution < -0.4 is 10.1 Å². The van der Waals surface area contributed by atoms with Crippen molar-refractivity contribution in [2.45, 2.75) is 32.9 Å². The van der Waals surface area contributed by atoms with E-state index in [1.54, 1.807) is 7.11 Å². The van der Waals surface area contributed by atoms with Gasteiger partial charge in [-0.1, -0.05) is 13.0 Å². The molecule has 0 radical (unpaired) electrons. The minimum atomic E-state index is 0. The standard InChI is InChI=1S/C19H28N6O.HI/c1-4-21-19(23-12-16-5-6-18(26-3)22-11-16)24-9-7-15(2)17(13-24)25-10-8-20-14-25;/h5-6,8,10-11,14-15,17H,4,7,9,12-13H2,1-3H3,(H,21,23);1H. The van der Waals surface area contributed by atoms with E-state index in [1.807, 2.05) is 30.9 Å². The summed E-state index contributed by atoms with van der Waals surface area (Å²) >= 11 is 0. The number of aromatic nitrogens is 3. The Morgan fingerprint density at radius 3 is 2.89 bits per heavy atom.